The van der Waals surface area contributed by atoms with Gasteiger partial charge in [-0.25, -0.2) is 4.79 Å². The lowest BCUT2D eigenvalue weighted by atomic mass is 10.1. The molecule has 0 aliphatic heterocycles. The quantitative estimate of drug-likeness (QED) is 0.718. The molecule has 16 heavy (non-hydrogen) atoms. The number of carbonyl (C=O) groups excluding carboxylic acids is 1. The average molecular weight is 223 g/mol. The first-order valence-corrected chi connectivity index (χ1v) is 5.22. The Morgan fingerprint density at radius 3 is 2.88 bits per heavy atom. The molecule has 0 aliphatic rings. The third kappa shape index (κ3) is 3.86. The van der Waals surface area contributed by atoms with Gasteiger partial charge in [0.05, 0.1) is 11.9 Å². The van der Waals surface area contributed by atoms with Crippen molar-refractivity contribution in [2.75, 3.05) is 11.9 Å². The van der Waals surface area contributed by atoms with Crippen molar-refractivity contribution in [3.05, 3.63) is 24.5 Å². The molecule has 3 N–H and O–H groups in total. The van der Waals surface area contributed by atoms with E-state index in [4.69, 9.17) is 5.11 Å². The molecule has 0 spiro atoms. The first-order chi connectivity index (χ1) is 7.63. The van der Waals surface area contributed by atoms with Gasteiger partial charge in [0, 0.05) is 18.8 Å². The lowest BCUT2D eigenvalue weighted by molar-refractivity contribution is 0.204. The van der Waals surface area contributed by atoms with E-state index in [2.05, 4.69) is 15.6 Å². The number of aliphatic hydroxyl groups is 1. The maximum absolute atomic E-state index is 11.5. The van der Waals surface area contributed by atoms with Gasteiger partial charge in [-0.1, -0.05) is 6.92 Å². The molecule has 2 amide bonds. The van der Waals surface area contributed by atoms with E-state index in [0.717, 1.165) is 0 Å². The van der Waals surface area contributed by atoms with Crippen molar-refractivity contribution in [2.24, 2.45) is 5.92 Å². The van der Waals surface area contributed by atoms with E-state index >= 15 is 0 Å². The maximum Gasteiger partial charge on any atom is 0.319 e. The zero-order valence-electron chi connectivity index (χ0n) is 9.47. The van der Waals surface area contributed by atoms with Crippen LogP contribution in [-0.4, -0.2) is 28.8 Å². The zero-order valence-corrected chi connectivity index (χ0v) is 9.47. The molecule has 0 aliphatic carbocycles. The minimum atomic E-state index is -0.291. The summed E-state index contributed by atoms with van der Waals surface area (Å²) in [4.78, 5) is 15.4. The van der Waals surface area contributed by atoms with E-state index < -0.39 is 0 Å². The molecule has 2 atom stereocenters. The summed E-state index contributed by atoms with van der Waals surface area (Å²) in [5, 5.41) is 14.3. The van der Waals surface area contributed by atoms with E-state index in [1.807, 2.05) is 13.8 Å². The van der Waals surface area contributed by atoms with Gasteiger partial charge in [-0.2, -0.15) is 0 Å². The zero-order chi connectivity index (χ0) is 12.0. The molecule has 1 heterocycles. The number of hydrogen-bond acceptors (Lipinski definition) is 3. The number of anilines is 1. The van der Waals surface area contributed by atoms with Crippen molar-refractivity contribution in [1.29, 1.82) is 0 Å². The Labute approximate surface area is 94.9 Å². The number of nitrogens with zero attached hydrogens (tertiary/aromatic N) is 1. The van der Waals surface area contributed by atoms with Crippen LogP contribution in [0.3, 0.4) is 0 Å². The summed E-state index contributed by atoms with van der Waals surface area (Å²) < 4.78 is 0. The third-order valence-corrected chi connectivity index (χ3v) is 2.42. The van der Waals surface area contributed by atoms with E-state index in [1.165, 1.54) is 0 Å². The van der Waals surface area contributed by atoms with Gasteiger partial charge in [0.2, 0.25) is 0 Å². The summed E-state index contributed by atoms with van der Waals surface area (Å²) in [6.07, 6.45) is 3.21. The highest BCUT2D eigenvalue weighted by atomic mass is 16.3. The lowest BCUT2D eigenvalue weighted by Crippen LogP contribution is -2.40. The number of pyridine rings is 1. The molecule has 0 aromatic carbocycles. The van der Waals surface area contributed by atoms with Gasteiger partial charge in [0.25, 0.3) is 0 Å². The highest BCUT2D eigenvalue weighted by Gasteiger charge is 2.13. The summed E-state index contributed by atoms with van der Waals surface area (Å²) in [6.45, 7) is 3.77. The highest BCUT2D eigenvalue weighted by Crippen LogP contribution is 2.04. The van der Waals surface area contributed by atoms with Crippen LogP contribution in [-0.2, 0) is 0 Å². The van der Waals surface area contributed by atoms with E-state index in [-0.39, 0.29) is 24.6 Å². The van der Waals surface area contributed by atoms with E-state index in [0.29, 0.717) is 5.69 Å². The van der Waals surface area contributed by atoms with Crippen LogP contribution in [0.2, 0.25) is 0 Å². The molecule has 1 aromatic heterocycles. The van der Waals surface area contributed by atoms with Crippen molar-refractivity contribution >= 4 is 11.7 Å². The number of aromatic nitrogens is 1. The van der Waals surface area contributed by atoms with Crippen molar-refractivity contribution in [3.8, 4) is 0 Å². The number of nitrogens with one attached hydrogen (secondary N) is 2. The van der Waals surface area contributed by atoms with Crippen LogP contribution in [0.25, 0.3) is 0 Å². The predicted molar refractivity (Wildman–Crippen MR) is 62.1 cm³/mol. The van der Waals surface area contributed by atoms with Crippen molar-refractivity contribution in [1.82, 2.24) is 10.3 Å². The minimum Gasteiger partial charge on any atom is -0.396 e. The lowest BCUT2D eigenvalue weighted by Gasteiger charge is -2.19. The number of amides is 2. The van der Waals surface area contributed by atoms with Gasteiger partial charge in [-0.15, -0.1) is 0 Å². The van der Waals surface area contributed by atoms with Crippen LogP contribution < -0.4 is 10.6 Å². The second-order valence-corrected chi connectivity index (χ2v) is 3.79. The van der Waals surface area contributed by atoms with Gasteiger partial charge >= 0.3 is 6.03 Å². The Bertz CT molecular complexity index is 329. The van der Waals surface area contributed by atoms with Gasteiger partial charge < -0.3 is 15.7 Å². The highest BCUT2D eigenvalue weighted by molar-refractivity contribution is 5.89. The Balaban J connectivity index is 2.42. The first-order valence-electron chi connectivity index (χ1n) is 5.22. The molecule has 2 unspecified atom stereocenters. The van der Waals surface area contributed by atoms with E-state index in [9.17, 15) is 4.79 Å². The fourth-order valence-electron chi connectivity index (χ4n) is 1.11. The van der Waals surface area contributed by atoms with Gasteiger partial charge in [-0.05, 0) is 25.0 Å². The molecule has 1 aromatic rings. The second kappa shape index (κ2) is 6.07. The number of carbonyl (C=O) groups is 1. The van der Waals surface area contributed by atoms with E-state index in [1.54, 1.807) is 24.5 Å². The molecule has 0 saturated heterocycles. The van der Waals surface area contributed by atoms with Crippen LogP contribution in [0.5, 0.6) is 0 Å². The summed E-state index contributed by atoms with van der Waals surface area (Å²) in [5.74, 6) is 0.0275. The molecule has 88 valence electrons. The topological polar surface area (TPSA) is 74.2 Å². The Hall–Kier alpha value is -1.62. The first kappa shape index (κ1) is 12.4. The van der Waals surface area contributed by atoms with Crippen LogP contribution in [0.15, 0.2) is 24.5 Å². The molecule has 5 heteroatoms. The normalized spacial score (nSPS) is 13.9. The predicted octanol–water partition coefficient (Wildman–Crippen LogP) is 1.22. The van der Waals surface area contributed by atoms with Crippen molar-refractivity contribution < 1.29 is 9.90 Å². The molecule has 1 rings (SSSR count). The van der Waals surface area contributed by atoms with Gasteiger partial charge in [0.1, 0.15) is 0 Å². The van der Waals surface area contributed by atoms with Gasteiger partial charge in [-0.3, -0.25) is 4.98 Å². The largest absolute Gasteiger partial charge is 0.396 e. The third-order valence-electron chi connectivity index (χ3n) is 2.42. The van der Waals surface area contributed by atoms with Gasteiger partial charge in [0.15, 0.2) is 0 Å². The summed E-state index contributed by atoms with van der Waals surface area (Å²) in [7, 11) is 0. The van der Waals surface area contributed by atoms with Crippen molar-refractivity contribution in [3.63, 3.8) is 0 Å². The Kier molecular flexibility index (Phi) is 4.72. The van der Waals surface area contributed by atoms with Crippen LogP contribution >= 0.6 is 0 Å². The van der Waals surface area contributed by atoms with Crippen molar-refractivity contribution in [2.45, 2.75) is 19.9 Å². The van der Waals surface area contributed by atoms with Crippen LogP contribution in [0, 0.1) is 5.92 Å². The molecule has 0 radical (unpaired) electrons. The molecule has 0 fully saturated rings. The van der Waals surface area contributed by atoms with Crippen LogP contribution in [0.1, 0.15) is 13.8 Å². The number of rotatable bonds is 4. The standard InChI is InChI=1S/C11H17N3O2/c1-8(7-15)9(2)13-11(16)14-10-4-3-5-12-6-10/h3-6,8-9,15H,7H2,1-2H3,(H2,13,14,16). The fraction of sp³-hybridized carbons (Fsp3) is 0.455. The number of aliphatic hydroxyl groups excluding tert-OH is 1. The number of urea groups is 1. The monoisotopic (exact) mass is 223 g/mol. The summed E-state index contributed by atoms with van der Waals surface area (Å²) in [6, 6.07) is 3.13. The molecule has 5 nitrogen and oxygen atoms in total. The molecule has 0 saturated carbocycles. The minimum absolute atomic E-state index is 0.0275. The Morgan fingerprint density at radius 1 is 1.56 bits per heavy atom. The maximum atomic E-state index is 11.5. The molecular weight excluding hydrogens is 206 g/mol. The molecular formula is C11H17N3O2. The molecule has 0 bridgehead atoms. The smallest absolute Gasteiger partial charge is 0.319 e. The average Bonchev–Trinajstić information content (AvgIpc) is 2.29. The second-order valence-electron chi connectivity index (χ2n) is 3.79. The summed E-state index contributed by atoms with van der Waals surface area (Å²) in [5.41, 5.74) is 0.642. The number of hydrogen-bond donors (Lipinski definition) is 3. The summed E-state index contributed by atoms with van der Waals surface area (Å²) >= 11 is 0. The Morgan fingerprint density at radius 2 is 2.31 bits per heavy atom. The fourth-order valence-corrected chi connectivity index (χ4v) is 1.11. The van der Waals surface area contributed by atoms with Crippen LogP contribution in [0.4, 0.5) is 10.5 Å². The SMILES string of the molecule is CC(CO)C(C)NC(=O)Nc1cccnc1.